The Bertz CT molecular complexity index is 779. The van der Waals surface area contributed by atoms with E-state index in [9.17, 15) is 0 Å². The van der Waals surface area contributed by atoms with Crippen LogP contribution in [-0.4, -0.2) is 56.8 Å². The monoisotopic (exact) mass is 416 g/mol. The molecule has 2 aromatic rings. The average molecular weight is 417 g/mol. The highest BCUT2D eigenvalue weighted by Crippen LogP contribution is 2.28. The predicted molar refractivity (Wildman–Crippen MR) is 120 cm³/mol. The van der Waals surface area contributed by atoms with Gasteiger partial charge < -0.3 is 19.8 Å². The zero-order chi connectivity index (χ0) is 20.5. The van der Waals surface area contributed by atoms with Gasteiger partial charge in [0.15, 0.2) is 5.96 Å². The summed E-state index contributed by atoms with van der Waals surface area (Å²) in [5.74, 6) is 1.78. The third kappa shape index (κ3) is 7.03. The van der Waals surface area contributed by atoms with Crippen molar-refractivity contribution in [2.75, 3.05) is 45.9 Å². The van der Waals surface area contributed by atoms with Crippen LogP contribution in [-0.2, 0) is 11.2 Å². The lowest BCUT2D eigenvalue weighted by Gasteiger charge is -2.33. The first kappa shape index (κ1) is 21.6. The van der Waals surface area contributed by atoms with E-state index in [4.69, 9.17) is 14.1 Å². The van der Waals surface area contributed by atoms with Gasteiger partial charge in [0.1, 0.15) is 5.76 Å². The summed E-state index contributed by atoms with van der Waals surface area (Å²) in [5.41, 5.74) is 1.07. The highest BCUT2D eigenvalue weighted by Gasteiger charge is 2.23. The van der Waals surface area contributed by atoms with Crippen molar-refractivity contribution < 1.29 is 9.15 Å². The lowest BCUT2D eigenvalue weighted by molar-refractivity contribution is 0.0186. The van der Waals surface area contributed by atoms with Gasteiger partial charge in [-0.1, -0.05) is 12.2 Å². The number of ether oxygens (including phenoxy) is 1. The second-order valence-corrected chi connectivity index (χ2v) is 8.69. The molecule has 0 aliphatic carbocycles. The highest BCUT2D eigenvalue weighted by atomic mass is 32.1. The summed E-state index contributed by atoms with van der Waals surface area (Å²) in [7, 11) is 0. The van der Waals surface area contributed by atoms with Crippen LogP contribution in [0, 0.1) is 6.92 Å². The van der Waals surface area contributed by atoms with Gasteiger partial charge in [0.25, 0.3) is 0 Å². The van der Waals surface area contributed by atoms with Crippen LogP contribution >= 0.6 is 11.3 Å². The maximum absolute atomic E-state index is 5.55. The topological polar surface area (TPSA) is 62.0 Å². The molecule has 3 rings (SSSR count). The molecular weight excluding hydrogens is 384 g/mol. The molecule has 158 valence electrons. The van der Waals surface area contributed by atoms with E-state index in [-0.39, 0.29) is 6.04 Å². The third-order valence-corrected chi connectivity index (χ3v) is 5.90. The molecule has 0 bridgehead atoms. The van der Waals surface area contributed by atoms with Crippen molar-refractivity contribution in [1.82, 2.24) is 15.5 Å². The van der Waals surface area contributed by atoms with Gasteiger partial charge in [-0.3, -0.25) is 9.89 Å². The van der Waals surface area contributed by atoms with Crippen molar-refractivity contribution in [3.8, 4) is 0 Å². The van der Waals surface area contributed by atoms with E-state index in [0.29, 0.717) is 13.1 Å². The van der Waals surface area contributed by atoms with Crippen LogP contribution in [0.3, 0.4) is 0 Å². The number of nitrogens with zero attached hydrogens (tertiary/aromatic N) is 2. The maximum Gasteiger partial charge on any atom is 0.191 e. The Morgan fingerprint density at radius 1 is 1.28 bits per heavy atom. The number of hydrogen-bond donors (Lipinski definition) is 2. The molecule has 29 heavy (non-hydrogen) atoms. The standard InChI is InChI=1S/C22H32N4O2S/c1-17(2)15-24-22(23-9-8-19-5-4-12-28-19)25-16-20(21-7-6-18(3)29-21)26-10-13-27-14-11-26/h4-7,12,20H,1,8-11,13-16H2,2-3H3,(H2,23,24,25). The Morgan fingerprint density at radius 3 is 2.76 bits per heavy atom. The molecule has 7 heteroatoms. The molecule has 0 spiro atoms. The number of furan rings is 1. The van der Waals surface area contributed by atoms with Crippen LogP contribution in [0.4, 0.5) is 0 Å². The van der Waals surface area contributed by atoms with Crippen molar-refractivity contribution in [2.24, 2.45) is 4.99 Å². The lowest BCUT2D eigenvalue weighted by atomic mass is 10.2. The van der Waals surface area contributed by atoms with Crippen molar-refractivity contribution in [1.29, 1.82) is 0 Å². The van der Waals surface area contributed by atoms with Gasteiger partial charge in [0.2, 0.25) is 0 Å². The zero-order valence-corrected chi connectivity index (χ0v) is 18.3. The summed E-state index contributed by atoms with van der Waals surface area (Å²) in [4.78, 5) is 10.1. The van der Waals surface area contributed by atoms with Crippen LogP contribution in [0.5, 0.6) is 0 Å². The van der Waals surface area contributed by atoms with E-state index in [2.05, 4.69) is 41.2 Å². The highest BCUT2D eigenvalue weighted by molar-refractivity contribution is 7.12. The minimum absolute atomic E-state index is 0.270. The van der Waals surface area contributed by atoms with Gasteiger partial charge in [-0.2, -0.15) is 0 Å². The Morgan fingerprint density at radius 2 is 2.10 bits per heavy atom. The van der Waals surface area contributed by atoms with Crippen LogP contribution in [0.25, 0.3) is 0 Å². The Hall–Kier alpha value is -2.09. The van der Waals surface area contributed by atoms with Crippen LogP contribution < -0.4 is 10.6 Å². The normalized spacial score (nSPS) is 16.6. The smallest absolute Gasteiger partial charge is 0.191 e. The molecule has 1 aliphatic rings. The molecule has 1 unspecified atom stereocenters. The largest absolute Gasteiger partial charge is 0.469 e. The van der Waals surface area contributed by atoms with Gasteiger partial charge in [0.05, 0.1) is 32.1 Å². The first-order chi connectivity index (χ1) is 14.1. The summed E-state index contributed by atoms with van der Waals surface area (Å²) in [6.45, 7) is 13.8. The summed E-state index contributed by atoms with van der Waals surface area (Å²) >= 11 is 1.86. The number of guanidine groups is 1. The fourth-order valence-electron chi connectivity index (χ4n) is 3.25. The fourth-order valence-corrected chi connectivity index (χ4v) is 4.26. The third-order valence-electron chi connectivity index (χ3n) is 4.80. The minimum atomic E-state index is 0.270. The molecule has 0 saturated carbocycles. The van der Waals surface area contributed by atoms with E-state index >= 15 is 0 Å². The first-order valence-electron chi connectivity index (χ1n) is 10.2. The maximum atomic E-state index is 5.55. The van der Waals surface area contributed by atoms with Crippen molar-refractivity contribution in [3.63, 3.8) is 0 Å². The molecular formula is C22H32N4O2S. The predicted octanol–water partition coefficient (Wildman–Crippen LogP) is 3.38. The molecule has 2 N–H and O–H groups in total. The molecule has 1 fully saturated rings. The van der Waals surface area contributed by atoms with E-state index in [0.717, 1.165) is 56.6 Å². The number of hydrogen-bond acceptors (Lipinski definition) is 5. The second-order valence-electron chi connectivity index (χ2n) is 7.37. The number of morpholine rings is 1. The first-order valence-corrected chi connectivity index (χ1v) is 11.0. The van der Waals surface area contributed by atoms with E-state index in [1.54, 1.807) is 6.26 Å². The minimum Gasteiger partial charge on any atom is -0.469 e. The van der Waals surface area contributed by atoms with Gasteiger partial charge in [-0.15, -0.1) is 11.3 Å². The number of aryl methyl sites for hydroxylation is 1. The Labute approximate surface area is 177 Å². The fraction of sp³-hybridized carbons (Fsp3) is 0.500. The number of rotatable bonds is 9. The summed E-state index contributed by atoms with van der Waals surface area (Å²) in [6, 6.07) is 8.61. The number of nitrogens with one attached hydrogen (secondary N) is 2. The van der Waals surface area contributed by atoms with Crippen LogP contribution in [0.15, 0.2) is 52.1 Å². The molecule has 0 radical (unpaired) electrons. The van der Waals surface area contributed by atoms with E-state index in [1.807, 2.05) is 30.4 Å². The van der Waals surface area contributed by atoms with Crippen LogP contribution in [0.2, 0.25) is 0 Å². The molecule has 1 aliphatic heterocycles. The second kappa shape index (κ2) is 11.2. The quantitative estimate of drug-likeness (QED) is 0.373. The van der Waals surface area contributed by atoms with E-state index in [1.165, 1.54) is 9.75 Å². The van der Waals surface area contributed by atoms with E-state index < -0.39 is 0 Å². The Kier molecular flexibility index (Phi) is 8.34. The SMILES string of the molecule is C=C(C)CNC(=NCC(c1ccc(C)s1)N1CCOCC1)NCCc1ccco1. The molecule has 3 heterocycles. The van der Waals surface area contributed by atoms with Crippen molar-refractivity contribution >= 4 is 17.3 Å². The van der Waals surface area contributed by atoms with Crippen molar-refractivity contribution in [3.05, 3.63) is 58.2 Å². The molecule has 1 saturated heterocycles. The van der Waals surface area contributed by atoms with Gasteiger partial charge in [-0.25, -0.2) is 0 Å². The molecule has 1 atom stereocenters. The zero-order valence-electron chi connectivity index (χ0n) is 17.4. The van der Waals surface area contributed by atoms with Crippen LogP contribution in [0.1, 0.15) is 28.5 Å². The van der Waals surface area contributed by atoms with Gasteiger partial charge in [-0.05, 0) is 38.1 Å². The molecule has 2 aromatic heterocycles. The summed E-state index contributed by atoms with van der Waals surface area (Å²) in [5, 5.41) is 6.81. The average Bonchev–Trinajstić information content (AvgIpc) is 3.38. The Balaban J connectivity index is 1.67. The van der Waals surface area contributed by atoms with Gasteiger partial charge >= 0.3 is 0 Å². The molecule has 0 amide bonds. The molecule has 6 nitrogen and oxygen atoms in total. The lowest BCUT2D eigenvalue weighted by Crippen LogP contribution is -2.42. The summed E-state index contributed by atoms with van der Waals surface area (Å²) in [6.07, 6.45) is 2.53. The van der Waals surface area contributed by atoms with Crippen molar-refractivity contribution in [2.45, 2.75) is 26.3 Å². The van der Waals surface area contributed by atoms with Gasteiger partial charge in [0, 0.05) is 42.4 Å². The number of aliphatic imine (C=N–C) groups is 1. The molecule has 0 aromatic carbocycles. The summed E-state index contributed by atoms with van der Waals surface area (Å²) < 4.78 is 11.0. The number of thiophene rings is 1.